The number of rotatable bonds is 9. The van der Waals surface area contributed by atoms with Crippen LogP contribution in [0, 0.1) is 0 Å². The summed E-state index contributed by atoms with van der Waals surface area (Å²) < 4.78 is 19.6. The molecule has 0 amide bonds. The highest BCUT2D eigenvalue weighted by Gasteiger charge is 2.49. The van der Waals surface area contributed by atoms with Crippen molar-refractivity contribution >= 4 is 45.4 Å². The molecule has 0 saturated heterocycles. The molecule has 0 aliphatic carbocycles. The van der Waals surface area contributed by atoms with Gasteiger partial charge in [0.05, 0.1) is 0 Å². The minimum absolute atomic E-state index is 0.633. The average Bonchev–Trinajstić information content (AvgIpc) is 2.05. The van der Waals surface area contributed by atoms with E-state index >= 15 is 0 Å². The molecule has 0 fully saturated rings. The zero-order valence-electron chi connectivity index (χ0n) is 14.7. The fraction of sp³-hybridized carbons (Fsp3) is 1.00. The van der Waals surface area contributed by atoms with E-state index in [4.69, 9.17) is 23.9 Å². The van der Waals surface area contributed by atoms with Crippen LogP contribution in [-0.4, -0.2) is 39.6 Å². The van der Waals surface area contributed by atoms with Crippen LogP contribution in [-0.2, 0) is 12.3 Å². The van der Waals surface area contributed by atoms with E-state index in [9.17, 15) is 0 Å². The number of hydrogen-bond donors (Lipinski definition) is 0. The van der Waals surface area contributed by atoms with Gasteiger partial charge in [0.2, 0.25) is 0 Å². The van der Waals surface area contributed by atoms with E-state index in [1.165, 1.54) is 0 Å². The highest BCUT2D eigenvalue weighted by atomic mass is 35.5. The molecule has 0 atom stereocenters. The Balaban J connectivity index is 5.38. The van der Waals surface area contributed by atoms with Gasteiger partial charge in [-0.2, -0.15) is 0 Å². The van der Waals surface area contributed by atoms with Crippen LogP contribution in [0.2, 0.25) is 65.0 Å². The first-order valence-corrected chi connectivity index (χ1v) is 20.0. The quantitative estimate of drug-likeness (QED) is 0.415. The zero-order chi connectivity index (χ0) is 16.2. The molecule has 8 heteroatoms. The lowest BCUT2D eigenvalue weighted by Crippen LogP contribution is -2.60. The molecule has 0 aromatic heterocycles. The Labute approximate surface area is 135 Å². The molecule has 0 unspecified atom stereocenters. The molecule has 0 rings (SSSR count). The number of hydrogen-bond acceptors (Lipinski definition) is 3. The Kier molecular flexibility index (Phi) is 7.93. The van der Waals surface area contributed by atoms with Crippen LogP contribution in [0.4, 0.5) is 0 Å². The van der Waals surface area contributed by atoms with Crippen LogP contribution in [0.5, 0.6) is 0 Å². The third-order valence-electron chi connectivity index (χ3n) is 2.00. The molecule has 0 heterocycles. The zero-order valence-corrected chi connectivity index (χ0v) is 19.5. The Hall–Kier alpha value is 1.04. The smallest absolute Gasteiger partial charge is 0.417 e. The first kappa shape index (κ1) is 21.0. The van der Waals surface area contributed by atoms with Crippen molar-refractivity contribution in [1.82, 2.24) is 0 Å². The molecule has 0 aromatic rings. The number of alkyl halides is 1. The normalized spacial score (nSPS) is 14.7. The molecule has 20 heavy (non-hydrogen) atoms. The van der Waals surface area contributed by atoms with Crippen molar-refractivity contribution < 1.29 is 12.3 Å². The highest BCUT2D eigenvalue weighted by molar-refractivity contribution is 6.90. The van der Waals surface area contributed by atoms with Crippen LogP contribution in [0.3, 0.4) is 0 Å². The summed E-state index contributed by atoms with van der Waals surface area (Å²) in [5.74, 6) is 0.633. The lowest BCUT2D eigenvalue weighted by atomic mass is 10.6. The molecule has 3 nitrogen and oxygen atoms in total. The molecule has 122 valence electrons. The summed E-state index contributed by atoms with van der Waals surface area (Å²) >= 11 is 5.91. The molecular weight excluding hydrogens is 340 g/mol. The third-order valence-corrected chi connectivity index (χ3v) is 14.3. The lowest BCUT2D eigenvalue weighted by Gasteiger charge is -2.42. The molecule has 0 N–H and O–H groups in total. The summed E-state index contributed by atoms with van der Waals surface area (Å²) in [4.78, 5) is 0. The van der Waals surface area contributed by atoms with Crippen molar-refractivity contribution in [1.29, 1.82) is 0 Å². The van der Waals surface area contributed by atoms with Crippen molar-refractivity contribution in [3.8, 4) is 0 Å². The van der Waals surface area contributed by atoms with Gasteiger partial charge in [0.25, 0.3) is 0 Å². The first-order chi connectivity index (χ1) is 8.68. The lowest BCUT2D eigenvalue weighted by molar-refractivity contribution is 0.251. The summed E-state index contributed by atoms with van der Waals surface area (Å²) in [6.45, 7) is 19.8. The second kappa shape index (κ2) is 7.54. The molecule has 0 bridgehead atoms. The summed E-state index contributed by atoms with van der Waals surface area (Å²) in [5, 5.41) is 0. The maximum atomic E-state index is 6.52. The maximum absolute atomic E-state index is 6.52. The molecule has 0 aliphatic heterocycles. The van der Waals surface area contributed by atoms with E-state index in [1.54, 1.807) is 0 Å². The van der Waals surface area contributed by atoms with Gasteiger partial charge in [0, 0.05) is 11.9 Å². The van der Waals surface area contributed by atoms with Gasteiger partial charge in [0.1, 0.15) is 0 Å². The predicted molar refractivity (Wildman–Crippen MR) is 99.2 cm³/mol. The average molecular weight is 373 g/mol. The minimum Gasteiger partial charge on any atom is -0.417 e. The van der Waals surface area contributed by atoms with Crippen molar-refractivity contribution in [3.05, 3.63) is 0 Å². The second-order valence-electron chi connectivity index (χ2n) is 8.12. The molecule has 0 radical (unpaired) electrons. The predicted octanol–water partition coefficient (Wildman–Crippen LogP) is 5.11. The maximum Gasteiger partial charge on any atom is 0.469 e. The van der Waals surface area contributed by atoms with E-state index in [2.05, 4.69) is 58.9 Å². The monoisotopic (exact) mass is 372 g/mol. The summed E-state index contributed by atoms with van der Waals surface area (Å²) in [6.07, 6.45) is 0.896. The van der Waals surface area contributed by atoms with Gasteiger partial charge < -0.3 is 12.3 Å². The minimum atomic E-state index is -2.62. The summed E-state index contributed by atoms with van der Waals surface area (Å²) in [7, 11) is -7.81. The van der Waals surface area contributed by atoms with Crippen LogP contribution >= 0.6 is 11.6 Å². The molecule has 0 aliphatic rings. The van der Waals surface area contributed by atoms with E-state index in [0.717, 1.165) is 12.5 Å². The Morgan fingerprint density at radius 3 is 1.15 bits per heavy atom. The fourth-order valence-corrected chi connectivity index (χ4v) is 16.9. The van der Waals surface area contributed by atoms with E-state index in [0.29, 0.717) is 5.88 Å². The summed E-state index contributed by atoms with van der Waals surface area (Å²) in [5.41, 5.74) is 0. The molecule has 0 saturated carbocycles. The van der Waals surface area contributed by atoms with E-state index in [1.807, 2.05) is 0 Å². The topological polar surface area (TPSA) is 27.7 Å². The Morgan fingerprint density at radius 2 is 0.950 bits per heavy atom. The van der Waals surface area contributed by atoms with Crippen LogP contribution in [0.1, 0.15) is 6.42 Å². The Morgan fingerprint density at radius 1 is 0.650 bits per heavy atom. The van der Waals surface area contributed by atoms with Crippen molar-refractivity contribution in [2.24, 2.45) is 0 Å². The Bertz CT molecular complexity index is 254. The van der Waals surface area contributed by atoms with Gasteiger partial charge in [-0.1, -0.05) is 0 Å². The summed E-state index contributed by atoms with van der Waals surface area (Å²) in [6, 6.07) is 0.843. The van der Waals surface area contributed by atoms with Gasteiger partial charge >= 0.3 is 8.80 Å². The van der Waals surface area contributed by atoms with Crippen LogP contribution in [0.25, 0.3) is 0 Å². The third kappa shape index (κ3) is 10.7. The van der Waals surface area contributed by atoms with Gasteiger partial charge in [-0.15, -0.1) is 11.6 Å². The second-order valence-corrected chi connectivity index (χ2v) is 25.5. The van der Waals surface area contributed by atoms with Gasteiger partial charge in [-0.05, 0) is 65.3 Å². The fourth-order valence-electron chi connectivity index (χ4n) is 1.90. The van der Waals surface area contributed by atoms with E-state index in [-0.39, 0.29) is 0 Å². The van der Waals surface area contributed by atoms with Crippen LogP contribution < -0.4 is 0 Å². The largest absolute Gasteiger partial charge is 0.469 e. The molecule has 0 spiro atoms. The molecular formula is C12H33ClO3Si4. The van der Waals surface area contributed by atoms with Crippen molar-refractivity contribution in [2.45, 2.75) is 71.4 Å². The SMILES string of the molecule is C[Si](C)(C)O[Si](CCCCl)(O[Si](C)(C)C)O[Si](C)(C)C. The van der Waals surface area contributed by atoms with Gasteiger partial charge in [0.15, 0.2) is 25.0 Å². The molecule has 0 aromatic carbocycles. The first-order valence-electron chi connectivity index (χ1n) is 7.35. The van der Waals surface area contributed by atoms with Crippen molar-refractivity contribution in [2.75, 3.05) is 5.88 Å². The standard InChI is InChI=1S/C12H33ClO3Si4/c1-17(2,3)14-20(12-10-11-13,15-18(4,5)6)16-19(7,8)9/h10-12H2,1-9H3. The van der Waals surface area contributed by atoms with Crippen LogP contribution in [0.15, 0.2) is 0 Å². The number of halogens is 1. The van der Waals surface area contributed by atoms with Crippen molar-refractivity contribution in [3.63, 3.8) is 0 Å². The van der Waals surface area contributed by atoms with Gasteiger partial charge in [-0.25, -0.2) is 0 Å². The van der Waals surface area contributed by atoms with Gasteiger partial charge in [-0.3, -0.25) is 0 Å². The van der Waals surface area contributed by atoms with E-state index < -0.39 is 33.8 Å². The highest BCUT2D eigenvalue weighted by Crippen LogP contribution is 2.29.